The number of hydrogen-bond donors (Lipinski definition) is 1. The van der Waals surface area contributed by atoms with Gasteiger partial charge in [0.05, 0.1) is 11.8 Å². The van der Waals surface area contributed by atoms with E-state index >= 15 is 0 Å². The van der Waals surface area contributed by atoms with Gasteiger partial charge in [0.15, 0.2) is 0 Å². The fraction of sp³-hybridized carbons (Fsp3) is 0.571. The van der Waals surface area contributed by atoms with Gasteiger partial charge in [-0.2, -0.15) is 0 Å². The van der Waals surface area contributed by atoms with E-state index in [9.17, 15) is 9.50 Å². The summed E-state index contributed by atoms with van der Waals surface area (Å²) < 4.78 is 13.9. The minimum Gasteiger partial charge on any atom is -0.389 e. The van der Waals surface area contributed by atoms with Crippen molar-refractivity contribution in [2.24, 2.45) is 5.92 Å². The number of hydrogen-bond acceptors (Lipinski definition) is 2. The Labute approximate surface area is 102 Å². The lowest BCUT2D eigenvalue weighted by molar-refractivity contribution is 0.199. The van der Waals surface area contributed by atoms with E-state index < -0.39 is 6.10 Å². The van der Waals surface area contributed by atoms with Gasteiger partial charge >= 0.3 is 0 Å². The summed E-state index contributed by atoms with van der Waals surface area (Å²) in [4.78, 5) is 1.95. The Bertz CT molecular complexity index is 388. The minimum absolute atomic E-state index is 0.245. The predicted octanol–water partition coefficient (Wildman–Crippen LogP) is 3.12. The van der Waals surface area contributed by atoms with Crippen molar-refractivity contribution in [2.45, 2.75) is 32.3 Å². The van der Waals surface area contributed by atoms with Gasteiger partial charge < -0.3 is 10.0 Å². The number of aliphatic hydroxyl groups excluding tert-OH is 1. The van der Waals surface area contributed by atoms with Crippen LogP contribution in [0.25, 0.3) is 0 Å². The van der Waals surface area contributed by atoms with Crippen LogP contribution in [-0.4, -0.2) is 18.7 Å². The number of para-hydroxylation sites is 1. The van der Waals surface area contributed by atoms with Gasteiger partial charge in [0.1, 0.15) is 5.82 Å². The Hall–Kier alpha value is -1.09. The van der Waals surface area contributed by atoms with Crippen LogP contribution in [0.15, 0.2) is 18.2 Å². The summed E-state index contributed by atoms with van der Waals surface area (Å²) in [6.45, 7) is 2.55. The molecule has 1 aliphatic rings. The summed E-state index contributed by atoms with van der Waals surface area (Å²) in [5.41, 5.74) is 1.22. The predicted molar refractivity (Wildman–Crippen MR) is 67.6 cm³/mol. The zero-order valence-corrected chi connectivity index (χ0v) is 10.5. The van der Waals surface area contributed by atoms with Crippen molar-refractivity contribution >= 4 is 5.69 Å². The third kappa shape index (κ3) is 2.60. The fourth-order valence-corrected chi connectivity index (χ4v) is 2.43. The van der Waals surface area contributed by atoms with Gasteiger partial charge in [-0.1, -0.05) is 18.6 Å². The third-order valence-electron chi connectivity index (χ3n) is 3.61. The van der Waals surface area contributed by atoms with Gasteiger partial charge in [-0.25, -0.2) is 4.39 Å². The molecule has 0 heterocycles. The molecule has 1 saturated carbocycles. The Kier molecular flexibility index (Phi) is 3.67. The molecule has 1 fully saturated rings. The summed E-state index contributed by atoms with van der Waals surface area (Å²) >= 11 is 0. The van der Waals surface area contributed by atoms with Crippen LogP contribution in [0.2, 0.25) is 0 Å². The summed E-state index contributed by atoms with van der Waals surface area (Å²) in [5.74, 6) is 0.437. The number of nitrogens with zero attached hydrogens (tertiary/aromatic N) is 1. The van der Waals surface area contributed by atoms with Crippen LogP contribution in [-0.2, 0) is 0 Å². The van der Waals surface area contributed by atoms with Crippen molar-refractivity contribution in [1.82, 2.24) is 0 Å². The van der Waals surface area contributed by atoms with Crippen molar-refractivity contribution < 1.29 is 9.50 Å². The Morgan fingerprint density at radius 3 is 2.71 bits per heavy atom. The van der Waals surface area contributed by atoms with Gasteiger partial charge in [0.2, 0.25) is 0 Å². The van der Waals surface area contributed by atoms with Crippen LogP contribution in [0.4, 0.5) is 10.1 Å². The van der Waals surface area contributed by atoms with E-state index in [0.29, 0.717) is 17.2 Å². The van der Waals surface area contributed by atoms with Crippen molar-refractivity contribution in [3.63, 3.8) is 0 Å². The normalized spacial score (nSPS) is 17.6. The first kappa shape index (κ1) is 12.4. The average Bonchev–Trinajstić information content (AvgIpc) is 2.22. The zero-order chi connectivity index (χ0) is 12.4. The molecular weight excluding hydrogens is 217 g/mol. The van der Waals surface area contributed by atoms with E-state index in [1.807, 2.05) is 11.9 Å². The second-order valence-electron chi connectivity index (χ2n) is 5.03. The summed E-state index contributed by atoms with van der Waals surface area (Å²) in [5, 5.41) is 9.69. The molecule has 0 aliphatic heterocycles. The summed E-state index contributed by atoms with van der Waals surface area (Å²) in [6.07, 6.45) is 3.13. The number of anilines is 1. The average molecular weight is 237 g/mol. The van der Waals surface area contributed by atoms with E-state index in [-0.39, 0.29) is 5.82 Å². The summed E-state index contributed by atoms with van der Waals surface area (Å²) in [6, 6.07) is 4.90. The highest BCUT2D eigenvalue weighted by molar-refractivity contribution is 5.55. The molecule has 0 bridgehead atoms. The van der Waals surface area contributed by atoms with E-state index in [4.69, 9.17) is 0 Å². The van der Waals surface area contributed by atoms with Gasteiger partial charge in [0.25, 0.3) is 0 Å². The highest BCUT2D eigenvalue weighted by Gasteiger charge is 2.22. The SMILES string of the molecule is C[C@@H](O)c1cccc(F)c1N(C)CC1CCC1. The third-order valence-corrected chi connectivity index (χ3v) is 3.61. The number of halogens is 1. The smallest absolute Gasteiger partial charge is 0.146 e. The lowest BCUT2D eigenvalue weighted by atomic mass is 9.85. The molecule has 1 aromatic carbocycles. The first-order chi connectivity index (χ1) is 8.09. The zero-order valence-electron chi connectivity index (χ0n) is 10.5. The molecule has 0 aromatic heterocycles. The molecule has 0 unspecified atom stereocenters. The Morgan fingerprint density at radius 1 is 1.47 bits per heavy atom. The molecule has 1 aliphatic carbocycles. The lowest BCUT2D eigenvalue weighted by Crippen LogP contribution is -2.30. The van der Waals surface area contributed by atoms with Crippen LogP contribution < -0.4 is 4.90 Å². The van der Waals surface area contributed by atoms with Crippen molar-refractivity contribution in [3.05, 3.63) is 29.6 Å². The second-order valence-corrected chi connectivity index (χ2v) is 5.03. The van der Waals surface area contributed by atoms with Crippen molar-refractivity contribution in [3.8, 4) is 0 Å². The maximum absolute atomic E-state index is 13.9. The first-order valence-corrected chi connectivity index (χ1v) is 6.27. The molecule has 17 heavy (non-hydrogen) atoms. The maximum Gasteiger partial charge on any atom is 0.146 e. The second kappa shape index (κ2) is 5.05. The molecule has 94 valence electrons. The number of aliphatic hydroxyl groups is 1. The molecule has 0 radical (unpaired) electrons. The van der Waals surface area contributed by atoms with Crippen molar-refractivity contribution in [1.29, 1.82) is 0 Å². The maximum atomic E-state index is 13.9. The van der Waals surface area contributed by atoms with E-state index in [1.54, 1.807) is 19.1 Å². The molecular formula is C14H20FNO. The van der Waals surface area contributed by atoms with Crippen LogP contribution in [0.5, 0.6) is 0 Å². The standard InChI is InChI=1S/C14H20FNO/c1-10(17)12-7-4-8-13(15)14(12)16(2)9-11-5-3-6-11/h4,7-8,10-11,17H,3,5-6,9H2,1-2H3/t10-/m1/s1. The van der Waals surface area contributed by atoms with Gasteiger partial charge in [-0.3, -0.25) is 0 Å². The minimum atomic E-state index is -0.635. The number of benzene rings is 1. The molecule has 0 amide bonds. The highest BCUT2D eigenvalue weighted by atomic mass is 19.1. The topological polar surface area (TPSA) is 23.5 Å². The molecule has 1 aromatic rings. The molecule has 2 rings (SSSR count). The van der Waals surface area contributed by atoms with E-state index in [0.717, 1.165) is 6.54 Å². The van der Waals surface area contributed by atoms with Gasteiger partial charge in [-0.15, -0.1) is 0 Å². The number of rotatable bonds is 4. The highest BCUT2D eigenvalue weighted by Crippen LogP contribution is 2.32. The molecule has 2 nitrogen and oxygen atoms in total. The molecule has 1 N–H and O–H groups in total. The largest absolute Gasteiger partial charge is 0.389 e. The fourth-order valence-electron chi connectivity index (χ4n) is 2.43. The van der Waals surface area contributed by atoms with Crippen LogP contribution in [0.3, 0.4) is 0 Å². The Balaban J connectivity index is 2.22. The van der Waals surface area contributed by atoms with Gasteiger partial charge in [-0.05, 0) is 31.7 Å². The summed E-state index contributed by atoms with van der Waals surface area (Å²) in [7, 11) is 1.91. The Morgan fingerprint density at radius 2 is 2.18 bits per heavy atom. The van der Waals surface area contributed by atoms with Crippen LogP contribution >= 0.6 is 0 Å². The van der Waals surface area contributed by atoms with Crippen molar-refractivity contribution in [2.75, 3.05) is 18.5 Å². The first-order valence-electron chi connectivity index (χ1n) is 6.27. The molecule has 0 spiro atoms. The monoisotopic (exact) mass is 237 g/mol. The molecule has 3 heteroatoms. The van der Waals surface area contributed by atoms with Crippen LogP contribution in [0.1, 0.15) is 37.9 Å². The lowest BCUT2D eigenvalue weighted by Gasteiger charge is -2.32. The quantitative estimate of drug-likeness (QED) is 0.869. The van der Waals surface area contributed by atoms with E-state index in [1.165, 1.54) is 25.3 Å². The molecule has 1 atom stereocenters. The van der Waals surface area contributed by atoms with E-state index in [2.05, 4.69) is 0 Å². The molecule has 0 saturated heterocycles. The van der Waals surface area contributed by atoms with Gasteiger partial charge in [0, 0.05) is 19.2 Å². The van der Waals surface area contributed by atoms with Crippen LogP contribution in [0, 0.1) is 11.7 Å².